The summed E-state index contributed by atoms with van der Waals surface area (Å²) in [4.78, 5) is 31.4. The van der Waals surface area contributed by atoms with Crippen molar-refractivity contribution in [1.29, 1.82) is 0 Å². The van der Waals surface area contributed by atoms with Crippen LogP contribution in [-0.4, -0.2) is 60.1 Å². The fourth-order valence-electron chi connectivity index (χ4n) is 3.41. The molecule has 2 aliphatic heterocycles. The van der Waals surface area contributed by atoms with Crippen LogP contribution in [0.1, 0.15) is 25.0 Å². The molecule has 0 aromatic heterocycles. The molecule has 1 fully saturated rings. The Balaban J connectivity index is 1.76. The van der Waals surface area contributed by atoms with Gasteiger partial charge < -0.3 is 20.3 Å². The Bertz CT molecular complexity index is 827. The van der Waals surface area contributed by atoms with Gasteiger partial charge in [-0.25, -0.2) is 4.99 Å². The van der Waals surface area contributed by atoms with Crippen molar-refractivity contribution >= 4 is 23.1 Å². The Hall–Kier alpha value is -2.74. The Morgan fingerprint density at radius 1 is 1.41 bits per heavy atom. The summed E-state index contributed by atoms with van der Waals surface area (Å²) in [6, 6.07) is 5.83. The number of anilines is 1. The van der Waals surface area contributed by atoms with E-state index in [9.17, 15) is 9.70 Å². The molecular formula is C19H25N5O3. The molecule has 1 aromatic carbocycles. The maximum atomic E-state index is 12.5. The molecule has 3 rings (SSSR count). The number of nitroso groups, excluding NO2 is 1. The van der Waals surface area contributed by atoms with Crippen LogP contribution >= 0.6 is 0 Å². The van der Waals surface area contributed by atoms with E-state index in [1.165, 1.54) is 0 Å². The topological polar surface area (TPSA) is 101 Å². The molecular weight excluding hydrogens is 346 g/mol. The number of amides is 1. The molecule has 0 spiro atoms. The highest BCUT2D eigenvalue weighted by Gasteiger charge is 2.43. The van der Waals surface area contributed by atoms with E-state index >= 15 is 0 Å². The van der Waals surface area contributed by atoms with Crippen molar-refractivity contribution in [2.75, 3.05) is 32.5 Å². The zero-order chi connectivity index (χ0) is 19.8. The smallest absolute Gasteiger partial charge is 0.242 e. The molecule has 0 radical (unpaired) electrons. The molecule has 1 amide bonds. The van der Waals surface area contributed by atoms with Crippen molar-refractivity contribution < 1.29 is 9.53 Å². The lowest BCUT2D eigenvalue weighted by atomic mass is 9.93. The predicted octanol–water partition coefficient (Wildman–Crippen LogP) is 1.99. The third-order valence-corrected chi connectivity index (χ3v) is 4.97. The highest BCUT2D eigenvalue weighted by Crippen LogP contribution is 2.29. The number of benzene rings is 1. The first kappa shape index (κ1) is 19.0. The second-order valence-corrected chi connectivity index (χ2v) is 7.39. The monoisotopic (exact) mass is 371 g/mol. The number of rotatable bonds is 5. The van der Waals surface area contributed by atoms with Gasteiger partial charge in [0.1, 0.15) is 17.9 Å². The van der Waals surface area contributed by atoms with Crippen molar-refractivity contribution in [2.24, 2.45) is 10.2 Å². The lowest BCUT2D eigenvalue weighted by molar-refractivity contribution is -0.140. The minimum atomic E-state index is -0.669. The SMILES string of the molecule is COC1C=C(c2ccc(C)cc2N)N=C(C)N1CC(=O)N1CC(C)(N=O)C1. The lowest BCUT2D eigenvalue weighted by Crippen LogP contribution is -2.62. The third kappa shape index (κ3) is 3.71. The molecule has 1 atom stereocenters. The van der Waals surface area contributed by atoms with Crippen molar-refractivity contribution in [3.05, 3.63) is 40.3 Å². The quantitative estimate of drug-likeness (QED) is 0.630. The number of nitrogen functional groups attached to an aromatic ring is 1. The molecule has 1 aromatic rings. The molecule has 2 aliphatic rings. The largest absolute Gasteiger partial charge is 0.398 e. The van der Waals surface area contributed by atoms with Crippen molar-refractivity contribution in [2.45, 2.75) is 32.5 Å². The van der Waals surface area contributed by atoms with E-state index in [1.54, 1.807) is 23.8 Å². The average molecular weight is 371 g/mol. The molecule has 1 unspecified atom stereocenters. The second-order valence-electron chi connectivity index (χ2n) is 7.39. The van der Waals surface area contributed by atoms with E-state index < -0.39 is 11.8 Å². The maximum absolute atomic E-state index is 12.5. The molecule has 0 saturated carbocycles. The number of aryl methyl sites for hydroxylation is 1. The predicted molar refractivity (Wildman–Crippen MR) is 105 cm³/mol. The standard InChI is InChI=1S/C19H25N5O3/c1-12-5-6-14(15(20)7-12)16-8-18(27-4)24(13(2)21-16)9-17(25)23-10-19(3,11-23)22-26/h5-8,18H,9-11,20H2,1-4H3. The molecule has 0 bridgehead atoms. The second kappa shape index (κ2) is 7.11. The normalized spacial score (nSPS) is 21.3. The lowest BCUT2D eigenvalue weighted by Gasteiger charge is -2.44. The van der Waals surface area contributed by atoms with Crippen LogP contribution in [0.2, 0.25) is 0 Å². The van der Waals surface area contributed by atoms with Crippen LogP contribution in [-0.2, 0) is 9.53 Å². The highest BCUT2D eigenvalue weighted by molar-refractivity contribution is 5.93. The zero-order valence-corrected chi connectivity index (χ0v) is 16.1. The van der Waals surface area contributed by atoms with Crippen LogP contribution in [0.5, 0.6) is 0 Å². The van der Waals surface area contributed by atoms with Gasteiger partial charge in [-0.1, -0.05) is 17.3 Å². The summed E-state index contributed by atoms with van der Waals surface area (Å²) in [5.74, 6) is 0.587. The van der Waals surface area contributed by atoms with E-state index in [0.29, 0.717) is 24.6 Å². The van der Waals surface area contributed by atoms with Gasteiger partial charge in [0.05, 0.1) is 18.8 Å². The first-order chi connectivity index (χ1) is 12.8. The molecule has 0 aliphatic carbocycles. The molecule has 144 valence electrons. The molecule has 1 saturated heterocycles. The number of nitrogens with two attached hydrogens (primary N) is 1. The minimum Gasteiger partial charge on any atom is -0.398 e. The molecule has 2 heterocycles. The Morgan fingerprint density at radius 2 is 2.11 bits per heavy atom. The first-order valence-corrected chi connectivity index (χ1v) is 8.81. The fourth-order valence-corrected chi connectivity index (χ4v) is 3.41. The summed E-state index contributed by atoms with van der Waals surface area (Å²) in [5, 5.41) is 3.08. The van der Waals surface area contributed by atoms with E-state index in [2.05, 4.69) is 10.2 Å². The van der Waals surface area contributed by atoms with Crippen LogP contribution < -0.4 is 5.73 Å². The zero-order valence-electron chi connectivity index (χ0n) is 16.1. The Morgan fingerprint density at radius 3 is 2.70 bits per heavy atom. The van der Waals surface area contributed by atoms with E-state index in [4.69, 9.17) is 10.5 Å². The average Bonchev–Trinajstić information content (AvgIpc) is 2.60. The van der Waals surface area contributed by atoms with Crippen molar-refractivity contribution in [1.82, 2.24) is 9.80 Å². The van der Waals surface area contributed by atoms with Gasteiger partial charge in [-0.3, -0.25) is 4.79 Å². The van der Waals surface area contributed by atoms with Crippen molar-refractivity contribution in [3.63, 3.8) is 0 Å². The van der Waals surface area contributed by atoms with Gasteiger partial charge in [-0.15, -0.1) is 0 Å². The first-order valence-electron chi connectivity index (χ1n) is 8.81. The van der Waals surface area contributed by atoms with Gasteiger partial charge in [0.25, 0.3) is 0 Å². The molecule has 27 heavy (non-hydrogen) atoms. The summed E-state index contributed by atoms with van der Waals surface area (Å²) in [6.45, 7) is 6.38. The van der Waals surface area contributed by atoms with E-state index in [-0.39, 0.29) is 12.5 Å². The Labute approximate surface area is 158 Å². The van der Waals surface area contributed by atoms with Gasteiger partial charge >= 0.3 is 0 Å². The highest BCUT2D eigenvalue weighted by atomic mass is 16.5. The van der Waals surface area contributed by atoms with Crippen LogP contribution in [0.4, 0.5) is 5.69 Å². The molecule has 8 heteroatoms. The number of carbonyl (C=O) groups excluding carboxylic acids is 1. The summed E-state index contributed by atoms with van der Waals surface area (Å²) in [6.07, 6.45) is 1.42. The summed E-state index contributed by atoms with van der Waals surface area (Å²) in [5.41, 5.74) is 8.77. The van der Waals surface area contributed by atoms with Gasteiger partial charge in [0, 0.05) is 18.4 Å². The third-order valence-electron chi connectivity index (χ3n) is 4.97. The van der Waals surface area contributed by atoms with Crippen LogP contribution in [0.15, 0.2) is 34.4 Å². The number of methoxy groups -OCH3 is 1. The molecule has 8 nitrogen and oxygen atoms in total. The van der Waals surface area contributed by atoms with Gasteiger partial charge in [0.2, 0.25) is 5.91 Å². The Kier molecular flexibility index (Phi) is 5.01. The number of ether oxygens (including phenoxy) is 1. The van der Waals surface area contributed by atoms with E-state index in [1.807, 2.05) is 38.1 Å². The molecule has 2 N–H and O–H groups in total. The number of aliphatic imine (C=N–C) groups is 1. The number of carbonyl (C=O) groups is 1. The summed E-state index contributed by atoms with van der Waals surface area (Å²) < 4.78 is 5.57. The number of amidine groups is 1. The van der Waals surface area contributed by atoms with E-state index in [0.717, 1.165) is 16.8 Å². The summed E-state index contributed by atoms with van der Waals surface area (Å²) >= 11 is 0. The fraction of sp³-hybridized carbons (Fsp3) is 0.474. The van der Waals surface area contributed by atoms with Gasteiger partial charge in [-0.2, -0.15) is 4.91 Å². The number of hydrogen-bond donors (Lipinski definition) is 1. The number of hydrogen-bond acceptors (Lipinski definition) is 7. The van der Waals surface area contributed by atoms with Crippen LogP contribution in [0.3, 0.4) is 0 Å². The maximum Gasteiger partial charge on any atom is 0.242 e. The number of nitrogens with zero attached hydrogens (tertiary/aromatic N) is 4. The van der Waals surface area contributed by atoms with Gasteiger partial charge in [-0.05, 0) is 38.5 Å². The van der Waals surface area contributed by atoms with Crippen molar-refractivity contribution in [3.8, 4) is 0 Å². The number of likely N-dealkylation sites (tertiary alicyclic amines) is 1. The van der Waals surface area contributed by atoms with Crippen LogP contribution in [0, 0.1) is 11.8 Å². The summed E-state index contributed by atoms with van der Waals surface area (Å²) in [7, 11) is 1.59. The minimum absolute atomic E-state index is 0.0839. The van der Waals surface area contributed by atoms with Crippen LogP contribution in [0.25, 0.3) is 5.70 Å². The van der Waals surface area contributed by atoms with Gasteiger partial charge in [0.15, 0.2) is 6.23 Å².